The molecule has 3 rings (SSSR count). The highest BCUT2D eigenvalue weighted by Crippen LogP contribution is 2.38. The van der Waals surface area contributed by atoms with Crippen LogP contribution in [0.5, 0.6) is 0 Å². The van der Waals surface area contributed by atoms with Gasteiger partial charge in [-0.25, -0.2) is 0 Å². The number of hydrogen-bond acceptors (Lipinski definition) is 0. The van der Waals surface area contributed by atoms with Crippen molar-refractivity contribution in [1.29, 1.82) is 0 Å². The van der Waals surface area contributed by atoms with E-state index in [0.29, 0.717) is 10.0 Å². The number of fused-ring (bicyclic) bond motifs is 1. The summed E-state index contributed by atoms with van der Waals surface area (Å²) in [6, 6.07) is 18.5. The van der Waals surface area contributed by atoms with Crippen LogP contribution in [0.2, 0.25) is 10.0 Å². The lowest BCUT2D eigenvalue weighted by atomic mass is 9.96. The van der Waals surface area contributed by atoms with Crippen molar-refractivity contribution in [2.45, 2.75) is 11.8 Å². The lowest BCUT2D eigenvalue weighted by molar-refractivity contribution is 1.19. The molecule has 1 unspecified atom stereocenters. The maximum Gasteiger partial charge on any atom is 0.0651 e. The second-order valence-corrected chi connectivity index (χ2v) is 6.78. The molecule has 0 fully saturated rings. The van der Waals surface area contributed by atoms with Gasteiger partial charge in [0.1, 0.15) is 0 Å². The minimum Gasteiger partial charge on any atom is -0.0827 e. The number of aryl methyl sites for hydroxylation is 1. The summed E-state index contributed by atoms with van der Waals surface area (Å²) in [5.41, 5.74) is 3.61. The van der Waals surface area contributed by atoms with Crippen molar-refractivity contribution in [1.82, 2.24) is 0 Å². The van der Waals surface area contributed by atoms with Crippen LogP contribution in [0.1, 0.15) is 21.5 Å². The van der Waals surface area contributed by atoms with Crippen molar-refractivity contribution in [2.24, 2.45) is 0 Å². The fourth-order valence-electron chi connectivity index (χ4n) is 2.54. The highest BCUT2D eigenvalue weighted by molar-refractivity contribution is 9.09. The summed E-state index contributed by atoms with van der Waals surface area (Å²) in [4.78, 5) is 0.0813. The van der Waals surface area contributed by atoms with Crippen LogP contribution in [0.25, 0.3) is 10.8 Å². The first-order valence-electron chi connectivity index (χ1n) is 6.65. The number of halogens is 3. The summed E-state index contributed by atoms with van der Waals surface area (Å²) < 4.78 is 0. The van der Waals surface area contributed by atoms with Gasteiger partial charge in [-0.1, -0.05) is 81.6 Å². The van der Waals surface area contributed by atoms with Crippen LogP contribution in [0.4, 0.5) is 0 Å². The molecule has 0 spiro atoms. The Hall–Kier alpha value is -1.02. The predicted molar refractivity (Wildman–Crippen MR) is 95.9 cm³/mol. The fraction of sp³-hybridized carbons (Fsp3) is 0.111. The van der Waals surface area contributed by atoms with Gasteiger partial charge in [-0.15, -0.1) is 0 Å². The third-order valence-electron chi connectivity index (χ3n) is 3.69. The second kappa shape index (κ2) is 6.00. The van der Waals surface area contributed by atoms with Gasteiger partial charge < -0.3 is 0 Å². The molecule has 0 radical (unpaired) electrons. The summed E-state index contributed by atoms with van der Waals surface area (Å²) in [5, 5.41) is 3.69. The van der Waals surface area contributed by atoms with E-state index in [1.165, 1.54) is 21.9 Å². The van der Waals surface area contributed by atoms with Crippen molar-refractivity contribution >= 4 is 49.9 Å². The Morgan fingerprint density at radius 1 is 0.857 bits per heavy atom. The van der Waals surface area contributed by atoms with Crippen molar-refractivity contribution < 1.29 is 0 Å². The largest absolute Gasteiger partial charge is 0.0827 e. The van der Waals surface area contributed by atoms with Crippen molar-refractivity contribution in [3.8, 4) is 0 Å². The summed E-state index contributed by atoms with van der Waals surface area (Å²) >= 11 is 15.9. The van der Waals surface area contributed by atoms with Gasteiger partial charge in [0, 0.05) is 0 Å². The Balaban J connectivity index is 2.15. The summed E-state index contributed by atoms with van der Waals surface area (Å²) in [6.07, 6.45) is 0. The molecule has 0 aliphatic carbocycles. The van der Waals surface area contributed by atoms with Gasteiger partial charge in [0.25, 0.3) is 0 Å². The Morgan fingerprint density at radius 3 is 2.29 bits per heavy atom. The first kappa shape index (κ1) is 14.9. The van der Waals surface area contributed by atoms with Gasteiger partial charge in [-0.3, -0.25) is 0 Å². The van der Waals surface area contributed by atoms with Crippen molar-refractivity contribution in [3.63, 3.8) is 0 Å². The zero-order valence-electron chi connectivity index (χ0n) is 11.4. The molecule has 0 bridgehead atoms. The monoisotopic (exact) mass is 378 g/mol. The molecule has 0 saturated heterocycles. The first-order valence-corrected chi connectivity index (χ1v) is 8.32. The number of benzene rings is 3. The van der Waals surface area contributed by atoms with E-state index in [0.717, 1.165) is 5.56 Å². The van der Waals surface area contributed by atoms with Crippen LogP contribution in [0, 0.1) is 6.92 Å². The van der Waals surface area contributed by atoms with Crippen LogP contribution < -0.4 is 0 Å². The molecule has 3 aromatic carbocycles. The molecule has 3 heteroatoms. The van der Waals surface area contributed by atoms with E-state index in [9.17, 15) is 0 Å². The van der Waals surface area contributed by atoms with E-state index in [1.54, 1.807) is 0 Å². The van der Waals surface area contributed by atoms with Crippen LogP contribution >= 0.6 is 39.1 Å². The standard InChI is InChI=1S/C18H13BrCl2/c1-11-6-8-15(14-5-3-2-4-13(11)14)18(19)12-7-9-16(20)17(21)10-12/h2-10,18H,1H3. The molecule has 3 aromatic rings. The Kier molecular flexibility index (Phi) is 4.26. The molecule has 0 aromatic heterocycles. The van der Waals surface area contributed by atoms with E-state index < -0.39 is 0 Å². The van der Waals surface area contributed by atoms with Crippen molar-refractivity contribution in [3.05, 3.63) is 81.3 Å². The minimum absolute atomic E-state index is 0.0813. The molecule has 0 amide bonds. The quantitative estimate of drug-likeness (QED) is 0.423. The maximum atomic E-state index is 6.14. The molecule has 0 N–H and O–H groups in total. The fourth-order valence-corrected chi connectivity index (χ4v) is 3.53. The van der Waals surface area contributed by atoms with E-state index in [-0.39, 0.29) is 4.83 Å². The first-order chi connectivity index (χ1) is 10.1. The SMILES string of the molecule is Cc1ccc(C(Br)c2ccc(Cl)c(Cl)c2)c2ccccc12. The van der Waals surface area contributed by atoms with E-state index in [1.807, 2.05) is 18.2 Å². The third-order valence-corrected chi connectivity index (χ3v) is 5.45. The van der Waals surface area contributed by atoms with E-state index in [2.05, 4.69) is 59.3 Å². The second-order valence-electron chi connectivity index (χ2n) is 5.05. The zero-order valence-corrected chi connectivity index (χ0v) is 14.5. The van der Waals surface area contributed by atoms with Crippen LogP contribution in [0.15, 0.2) is 54.6 Å². The molecular formula is C18H13BrCl2. The van der Waals surface area contributed by atoms with Crippen LogP contribution in [-0.2, 0) is 0 Å². The number of hydrogen-bond donors (Lipinski definition) is 0. The summed E-state index contributed by atoms with van der Waals surface area (Å²) in [5.74, 6) is 0. The summed E-state index contributed by atoms with van der Waals surface area (Å²) in [6.45, 7) is 2.13. The average Bonchev–Trinajstić information content (AvgIpc) is 2.50. The molecule has 1 atom stereocenters. The third kappa shape index (κ3) is 2.83. The van der Waals surface area contributed by atoms with Gasteiger partial charge in [0.2, 0.25) is 0 Å². The molecule has 0 heterocycles. The summed E-state index contributed by atoms with van der Waals surface area (Å²) in [7, 11) is 0. The van der Waals surface area contributed by atoms with Gasteiger partial charge in [-0.2, -0.15) is 0 Å². The molecule has 0 aliphatic rings. The Morgan fingerprint density at radius 2 is 1.57 bits per heavy atom. The smallest absolute Gasteiger partial charge is 0.0651 e. The van der Waals surface area contributed by atoms with Gasteiger partial charge in [-0.05, 0) is 46.5 Å². The van der Waals surface area contributed by atoms with Crippen LogP contribution in [-0.4, -0.2) is 0 Å². The van der Waals surface area contributed by atoms with Gasteiger partial charge in [0.15, 0.2) is 0 Å². The minimum atomic E-state index is 0.0813. The Bertz CT molecular complexity index is 811. The number of rotatable bonds is 2. The lowest BCUT2D eigenvalue weighted by Gasteiger charge is -2.15. The normalized spacial score (nSPS) is 12.6. The molecule has 21 heavy (non-hydrogen) atoms. The molecule has 0 nitrogen and oxygen atoms in total. The molecule has 0 saturated carbocycles. The maximum absolute atomic E-state index is 6.14. The number of alkyl halides is 1. The average molecular weight is 380 g/mol. The highest BCUT2D eigenvalue weighted by Gasteiger charge is 2.15. The van der Waals surface area contributed by atoms with Crippen LogP contribution in [0.3, 0.4) is 0 Å². The van der Waals surface area contributed by atoms with E-state index in [4.69, 9.17) is 23.2 Å². The molecule has 0 aliphatic heterocycles. The van der Waals surface area contributed by atoms with E-state index >= 15 is 0 Å². The zero-order chi connectivity index (χ0) is 15.0. The van der Waals surface area contributed by atoms with Gasteiger partial charge >= 0.3 is 0 Å². The molecule has 106 valence electrons. The highest BCUT2D eigenvalue weighted by atomic mass is 79.9. The lowest BCUT2D eigenvalue weighted by Crippen LogP contribution is -1.95. The van der Waals surface area contributed by atoms with Crippen molar-refractivity contribution in [2.75, 3.05) is 0 Å². The Labute approximate surface area is 142 Å². The predicted octanol–water partition coefficient (Wildman–Crippen LogP) is 6.94. The molecular weight excluding hydrogens is 367 g/mol. The topological polar surface area (TPSA) is 0 Å². The van der Waals surface area contributed by atoms with Gasteiger partial charge in [0.05, 0.1) is 14.9 Å².